The van der Waals surface area contributed by atoms with Crippen molar-refractivity contribution in [3.8, 4) is 28.2 Å². The summed E-state index contributed by atoms with van der Waals surface area (Å²) in [5.41, 5.74) is 12.9. The minimum Gasteiger partial charge on any atom is -0.454 e. The number of furan rings is 1. The molecule has 0 saturated carbocycles. The summed E-state index contributed by atoms with van der Waals surface area (Å²) in [6.07, 6.45) is 0. The molecule has 0 atom stereocenters. The number of rotatable bonds is 5. The van der Waals surface area contributed by atoms with Gasteiger partial charge in [0.25, 0.3) is 0 Å². The Morgan fingerprint density at radius 3 is 2.07 bits per heavy atom. The van der Waals surface area contributed by atoms with Crippen molar-refractivity contribution in [3.63, 3.8) is 0 Å². The highest BCUT2D eigenvalue weighted by molar-refractivity contribution is 6.03. The van der Waals surface area contributed by atoms with Gasteiger partial charge >= 0.3 is 0 Å². The Kier molecular flexibility index (Phi) is 6.01. The molecule has 7 rings (SSSR count). The lowest BCUT2D eigenvalue weighted by Crippen LogP contribution is -2.09. The monoisotopic (exact) mass is 535 g/mol. The molecule has 0 unspecified atom stereocenters. The second-order valence-corrected chi connectivity index (χ2v) is 11.6. The fourth-order valence-electron chi connectivity index (χ4n) is 5.94. The summed E-state index contributed by atoms with van der Waals surface area (Å²) in [5, 5.41) is 1.02. The number of imidazole rings is 1. The molecule has 0 aliphatic rings. The molecule has 0 amide bonds. The van der Waals surface area contributed by atoms with Crippen LogP contribution in [0.4, 0.5) is 0 Å². The summed E-state index contributed by atoms with van der Waals surface area (Å²) in [6, 6.07) is 34.3. The molecule has 202 valence electrons. The first kappa shape index (κ1) is 25.3. The molecule has 4 nitrogen and oxygen atoms in total. The Balaban J connectivity index is 1.53. The van der Waals surface area contributed by atoms with E-state index in [1.54, 1.807) is 0 Å². The molecule has 0 saturated heterocycles. The first-order valence-corrected chi connectivity index (χ1v) is 14.4. The van der Waals surface area contributed by atoms with E-state index in [-0.39, 0.29) is 0 Å². The van der Waals surface area contributed by atoms with Crippen molar-refractivity contribution >= 4 is 33.1 Å². The molecule has 0 N–H and O–H groups in total. The smallest absolute Gasteiger partial charge is 0.153 e. The maximum absolute atomic E-state index is 6.28. The highest BCUT2D eigenvalue weighted by atomic mass is 16.3. The van der Waals surface area contributed by atoms with Crippen molar-refractivity contribution in [1.29, 1.82) is 0 Å². The third-order valence-electron chi connectivity index (χ3n) is 8.02. The van der Waals surface area contributed by atoms with E-state index >= 15 is 0 Å². The summed E-state index contributed by atoms with van der Waals surface area (Å²) in [7, 11) is 0. The van der Waals surface area contributed by atoms with E-state index in [2.05, 4.69) is 117 Å². The van der Waals surface area contributed by atoms with E-state index in [4.69, 9.17) is 14.4 Å². The average Bonchev–Trinajstić information content (AvgIpc) is 3.54. The Morgan fingerprint density at radius 2 is 1.34 bits per heavy atom. The number of hydrogen-bond acceptors (Lipinski definition) is 3. The molecule has 0 bridgehead atoms. The van der Waals surface area contributed by atoms with Gasteiger partial charge in [-0.15, -0.1) is 0 Å². The number of fused-ring (bicyclic) bond motifs is 4. The summed E-state index contributed by atoms with van der Waals surface area (Å²) in [4.78, 5) is 9.97. The lowest BCUT2D eigenvalue weighted by molar-refractivity contribution is 0.668. The lowest BCUT2D eigenvalue weighted by atomic mass is 9.88. The molecule has 0 radical (unpaired) electrons. The van der Waals surface area contributed by atoms with Crippen LogP contribution in [0, 0.1) is 6.92 Å². The molecule has 3 heterocycles. The highest BCUT2D eigenvalue weighted by Gasteiger charge is 2.24. The zero-order valence-electron chi connectivity index (χ0n) is 24.1. The molecule has 0 spiro atoms. The molecule has 0 aliphatic carbocycles. The van der Waals surface area contributed by atoms with E-state index in [0.29, 0.717) is 11.8 Å². The number of benzene rings is 4. The van der Waals surface area contributed by atoms with E-state index in [1.165, 1.54) is 27.9 Å². The molecule has 3 aromatic heterocycles. The fraction of sp³-hybridized carbons (Fsp3) is 0.189. The minimum absolute atomic E-state index is 0.312. The van der Waals surface area contributed by atoms with Crippen molar-refractivity contribution in [2.24, 2.45) is 0 Å². The largest absolute Gasteiger partial charge is 0.454 e. The number of pyridine rings is 1. The Morgan fingerprint density at radius 1 is 0.634 bits per heavy atom. The third kappa shape index (κ3) is 4.22. The van der Waals surface area contributed by atoms with Crippen LogP contribution in [0.1, 0.15) is 56.4 Å². The van der Waals surface area contributed by atoms with Crippen LogP contribution >= 0.6 is 0 Å². The molecular formula is C37H33N3O. The average molecular weight is 536 g/mol. The van der Waals surface area contributed by atoms with Gasteiger partial charge in [0, 0.05) is 16.6 Å². The van der Waals surface area contributed by atoms with E-state index in [9.17, 15) is 0 Å². The number of hydrogen-bond donors (Lipinski definition) is 0. The highest BCUT2D eigenvalue weighted by Crippen LogP contribution is 2.41. The van der Waals surface area contributed by atoms with E-state index in [1.807, 2.05) is 19.1 Å². The number of aromatic nitrogens is 3. The van der Waals surface area contributed by atoms with Gasteiger partial charge < -0.3 is 4.42 Å². The quantitative estimate of drug-likeness (QED) is 0.220. The van der Waals surface area contributed by atoms with Crippen molar-refractivity contribution in [2.45, 2.75) is 46.5 Å². The molecular weight excluding hydrogens is 502 g/mol. The molecule has 41 heavy (non-hydrogen) atoms. The second kappa shape index (κ2) is 9.74. The molecule has 7 aromatic rings. The topological polar surface area (TPSA) is 43.9 Å². The van der Waals surface area contributed by atoms with Crippen LogP contribution in [0.25, 0.3) is 61.3 Å². The number of para-hydroxylation sites is 2. The van der Waals surface area contributed by atoms with Gasteiger partial charge in [0.15, 0.2) is 5.58 Å². The standard InChI is InChI=1S/C37H33N3O/c1-22(2)29-19-27(25-11-7-6-8-12-25)20-30(23(3)4)36(29)40-32-14-10-9-13-31(32)39-37(40)26-16-17-28-34(21-26)41-33-18-15-24(5)38-35(28)33/h6-23H,1-5H3. The van der Waals surface area contributed by atoms with Gasteiger partial charge in [-0.1, -0.05) is 76.2 Å². The minimum atomic E-state index is 0.312. The van der Waals surface area contributed by atoms with Crippen molar-refractivity contribution in [1.82, 2.24) is 14.5 Å². The van der Waals surface area contributed by atoms with Gasteiger partial charge in [-0.2, -0.15) is 0 Å². The number of aryl methyl sites for hydroxylation is 1. The molecule has 4 heteroatoms. The normalized spacial score (nSPS) is 12.0. The van der Waals surface area contributed by atoms with Crippen LogP contribution in [-0.4, -0.2) is 14.5 Å². The molecule has 0 fully saturated rings. The summed E-state index contributed by atoms with van der Waals surface area (Å²) < 4.78 is 8.65. The lowest BCUT2D eigenvalue weighted by Gasteiger charge is -2.24. The van der Waals surface area contributed by atoms with Crippen LogP contribution in [0.3, 0.4) is 0 Å². The van der Waals surface area contributed by atoms with Crippen molar-refractivity contribution in [3.05, 3.63) is 114 Å². The zero-order chi connectivity index (χ0) is 28.2. The van der Waals surface area contributed by atoms with Crippen LogP contribution in [0.15, 0.2) is 101 Å². The first-order chi connectivity index (χ1) is 19.9. The van der Waals surface area contributed by atoms with E-state index < -0.39 is 0 Å². The predicted octanol–water partition coefficient (Wildman–Crippen LogP) is 10.2. The van der Waals surface area contributed by atoms with Crippen molar-refractivity contribution in [2.75, 3.05) is 0 Å². The van der Waals surface area contributed by atoms with Crippen LogP contribution in [-0.2, 0) is 0 Å². The van der Waals surface area contributed by atoms with Gasteiger partial charge in [0.1, 0.15) is 16.9 Å². The Labute approximate surface area is 240 Å². The number of nitrogens with zero attached hydrogens (tertiary/aromatic N) is 3. The third-order valence-corrected chi connectivity index (χ3v) is 8.02. The zero-order valence-corrected chi connectivity index (χ0v) is 24.1. The molecule has 0 aliphatic heterocycles. The summed E-state index contributed by atoms with van der Waals surface area (Å²) in [5.74, 6) is 1.54. The second-order valence-electron chi connectivity index (χ2n) is 11.6. The van der Waals surface area contributed by atoms with Crippen LogP contribution in [0.2, 0.25) is 0 Å². The Bertz CT molecular complexity index is 2030. The maximum atomic E-state index is 6.28. The summed E-state index contributed by atoms with van der Waals surface area (Å²) >= 11 is 0. The fourth-order valence-corrected chi connectivity index (χ4v) is 5.94. The maximum Gasteiger partial charge on any atom is 0.153 e. The van der Waals surface area contributed by atoms with Crippen LogP contribution < -0.4 is 0 Å². The summed E-state index contributed by atoms with van der Waals surface area (Å²) in [6.45, 7) is 11.1. The van der Waals surface area contributed by atoms with Crippen molar-refractivity contribution < 1.29 is 4.42 Å². The van der Waals surface area contributed by atoms with Gasteiger partial charge in [0.2, 0.25) is 0 Å². The van der Waals surface area contributed by atoms with E-state index in [0.717, 1.165) is 50.2 Å². The van der Waals surface area contributed by atoms with Crippen LogP contribution in [0.5, 0.6) is 0 Å². The van der Waals surface area contributed by atoms with Gasteiger partial charge in [0.05, 0.1) is 16.7 Å². The van der Waals surface area contributed by atoms with Gasteiger partial charge in [-0.05, 0) is 89.5 Å². The SMILES string of the molecule is Cc1ccc2oc3cc(-c4nc5ccccc5n4-c4c(C(C)C)cc(-c5ccccc5)cc4C(C)C)ccc3c2n1. The Hall–Kier alpha value is -4.70. The first-order valence-electron chi connectivity index (χ1n) is 14.4. The van der Waals surface area contributed by atoms with Gasteiger partial charge in [-0.25, -0.2) is 9.97 Å². The predicted molar refractivity (Wildman–Crippen MR) is 170 cm³/mol. The van der Waals surface area contributed by atoms with Gasteiger partial charge in [-0.3, -0.25) is 4.57 Å². The molecule has 4 aromatic carbocycles.